The molecule has 2 unspecified atom stereocenters. The fraction of sp³-hybridized carbons (Fsp3) is 0.583. The van der Waals surface area contributed by atoms with Gasteiger partial charge in [-0.1, -0.05) is 0 Å². The SMILES string of the molecule is Nc1ncnc2c1ncn2[C@@H]1O[C@]2(C[C@H](N)C2)C(O)C1O. The Hall–Kier alpha value is -1.81. The van der Waals surface area contributed by atoms with Gasteiger partial charge in [-0.25, -0.2) is 15.0 Å². The van der Waals surface area contributed by atoms with E-state index in [0.717, 1.165) is 0 Å². The second kappa shape index (κ2) is 4.10. The van der Waals surface area contributed by atoms with Gasteiger partial charge in [-0.3, -0.25) is 4.57 Å². The third-order valence-corrected chi connectivity index (χ3v) is 4.39. The van der Waals surface area contributed by atoms with Crippen LogP contribution < -0.4 is 11.5 Å². The summed E-state index contributed by atoms with van der Waals surface area (Å²) in [7, 11) is 0. The second-order valence-electron chi connectivity index (χ2n) is 5.76. The molecule has 1 spiro atoms. The van der Waals surface area contributed by atoms with Gasteiger partial charge in [0.2, 0.25) is 0 Å². The minimum absolute atomic E-state index is 0.0110. The van der Waals surface area contributed by atoms with E-state index in [-0.39, 0.29) is 11.9 Å². The summed E-state index contributed by atoms with van der Waals surface area (Å²) in [6.45, 7) is 0. The van der Waals surface area contributed by atoms with Crippen LogP contribution >= 0.6 is 0 Å². The lowest BCUT2D eigenvalue weighted by Gasteiger charge is -2.44. The number of fused-ring (bicyclic) bond motifs is 1. The van der Waals surface area contributed by atoms with E-state index in [1.807, 2.05) is 0 Å². The molecule has 9 heteroatoms. The van der Waals surface area contributed by atoms with Crippen molar-refractivity contribution in [2.45, 2.75) is 42.9 Å². The van der Waals surface area contributed by atoms with E-state index in [0.29, 0.717) is 24.0 Å². The number of nitrogen functional groups attached to an aromatic ring is 1. The molecule has 1 saturated carbocycles. The first kappa shape index (κ1) is 12.9. The Kier molecular flexibility index (Phi) is 2.52. The molecule has 1 saturated heterocycles. The molecule has 6 N–H and O–H groups in total. The standard InChI is InChI=1S/C12H16N6O3/c13-5-1-12(2-5)8(20)7(19)11(21-12)18-4-17-6-9(14)15-3-16-10(6)18/h3-5,7-8,11,19-20H,1-2,13H2,(H2,14,15,16)/t5-,7?,8?,11-,12-/m1/s1. The molecule has 2 aromatic rings. The van der Waals surface area contributed by atoms with Gasteiger partial charge in [0.15, 0.2) is 17.7 Å². The molecule has 9 nitrogen and oxygen atoms in total. The Bertz CT molecular complexity index is 697. The van der Waals surface area contributed by atoms with E-state index in [9.17, 15) is 10.2 Å². The van der Waals surface area contributed by atoms with Crippen LogP contribution in [-0.4, -0.2) is 53.6 Å². The number of aromatic nitrogens is 4. The molecule has 0 aromatic carbocycles. The molecule has 2 aliphatic rings. The van der Waals surface area contributed by atoms with Gasteiger partial charge in [0.05, 0.1) is 6.33 Å². The maximum absolute atomic E-state index is 10.3. The molecule has 2 fully saturated rings. The topological polar surface area (TPSA) is 145 Å². The first-order valence-corrected chi connectivity index (χ1v) is 6.74. The summed E-state index contributed by atoms with van der Waals surface area (Å²) in [4.78, 5) is 12.1. The summed E-state index contributed by atoms with van der Waals surface area (Å²) in [5.74, 6) is 0.257. The third-order valence-electron chi connectivity index (χ3n) is 4.39. The zero-order chi connectivity index (χ0) is 14.8. The minimum atomic E-state index is -1.08. The van der Waals surface area contributed by atoms with E-state index >= 15 is 0 Å². The van der Waals surface area contributed by atoms with E-state index in [2.05, 4.69) is 15.0 Å². The molecule has 4 rings (SSSR count). The van der Waals surface area contributed by atoms with Gasteiger partial charge in [0, 0.05) is 6.04 Å². The average molecular weight is 292 g/mol. The van der Waals surface area contributed by atoms with E-state index in [4.69, 9.17) is 16.2 Å². The Morgan fingerprint density at radius 1 is 1.29 bits per heavy atom. The van der Waals surface area contributed by atoms with Crippen molar-refractivity contribution in [3.63, 3.8) is 0 Å². The van der Waals surface area contributed by atoms with Crippen molar-refractivity contribution in [3.8, 4) is 0 Å². The number of aliphatic hydroxyl groups excluding tert-OH is 2. The highest BCUT2D eigenvalue weighted by Gasteiger charge is 2.60. The summed E-state index contributed by atoms with van der Waals surface area (Å²) >= 11 is 0. The van der Waals surface area contributed by atoms with Crippen LogP contribution in [0.15, 0.2) is 12.7 Å². The molecule has 1 aliphatic heterocycles. The van der Waals surface area contributed by atoms with Crippen molar-refractivity contribution >= 4 is 17.0 Å². The second-order valence-corrected chi connectivity index (χ2v) is 5.76. The Balaban J connectivity index is 1.74. The first-order chi connectivity index (χ1) is 10.0. The van der Waals surface area contributed by atoms with Crippen LogP contribution in [0.5, 0.6) is 0 Å². The molecule has 2 aromatic heterocycles. The third kappa shape index (κ3) is 1.62. The predicted octanol–water partition coefficient (Wildman–Crippen LogP) is -1.48. The van der Waals surface area contributed by atoms with Crippen molar-refractivity contribution in [2.24, 2.45) is 5.73 Å². The quantitative estimate of drug-likeness (QED) is 0.498. The zero-order valence-corrected chi connectivity index (χ0v) is 11.1. The van der Waals surface area contributed by atoms with Crippen molar-refractivity contribution in [3.05, 3.63) is 12.7 Å². The molecular weight excluding hydrogens is 276 g/mol. The summed E-state index contributed by atoms with van der Waals surface area (Å²) < 4.78 is 7.48. The fourth-order valence-corrected chi connectivity index (χ4v) is 3.29. The van der Waals surface area contributed by atoms with Gasteiger partial charge in [-0.05, 0) is 12.8 Å². The van der Waals surface area contributed by atoms with Crippen molar-refractivity contribution in [1.82, 2.24) is 19.5 Å². The number of imidazole rings is 1. The Morgan fingerprint density at radius 3 is 2.76 bits per heavy atom. The lowest BCUT2D eigenvalue weighted by Crippen LogP contribution is -2.58. The maximum Gasteiger partial charge on any atom is 0.167 e. The smallest absolute Gasteiger partial charge is 0.167 e. The average Bonchev–Trinajstić information content (AvgIpc) is 2.95. The van der Waals surface area contributed by atoms with Gasteiger partial charge in [-0.2, -0.15) is 0 Å². The number of rotatable bonds is 1. The van der Waals surface area contributed by atoms with Crippen molar-refractivity contribution in [2.75, 3.05) is 5.73 Å². The monoisotopic (exact) mass is 292 g/mol. The van der Waals surface area contributed by atoms with Gasteiger partial charge >= 0.3 is 0 Å². The lowest BCUT2D eigenvalue weighted by atomic mass is 9.72. The molecule has 21 heavy (non-hydrogen) atoms. The Morgan fingerprint density at radius 2 is 2.05 bits per heavy atom. The van der Waals surface area contributed by atoms with Crippen molar-refractivity contribution < 1.29 is 14.9 Å². The van der Waals surface area contributed by atoms with Crippen LogP contribution in [0.3, 0.4) is 0 Å². The number of nitrogens with zero attached hydrogens (tertiary/aromatic N) is 4. The number of nitrogens with two attached hydrogens (primary N) is 2. The molecular formula is C12H16N6O3. The molecule has 0 bridgehead atoms. The summed E-state index contributed by atoms with van der Waals surface area (Å²) in [6, 6.07) is -0.0110. The van der Waals surface area contributed by atoms with Crippen molar-refractivity contribution in [1.29, 1.82) is 0 Å². The molecule has 0 amide bonds. The number of aliphatic hydroxyl groups is 2. The Labute approximate surface area is 119 Å². The summed E-state index contributed by atoms with van der Waals surface area (Å²) in [5.41, 5.74) is 11.6. The van der Waals surface area contributed by atoms with Crippen LogP contribution in [0.2, 0.25) is 0 Å². The summed E-state index contributed by atoms with van der Waals surface area (Å²) in [5, 5.41) is 20.6. The number of hydrogen-bond acceptors (Lipinski definition) is 8. The van der Waals surface area contributed by atoms with Gasteiger partial charge in [0.25, 0.3) is 0 Å². The number of ether oxygens (including phenoxy) is 1. The van der Waals surface area contributed by atoms with E-state index < -0.39 is 24.0 Å². The van der Waals surface area contributed by atoms with Crippen LogP contribution in [-0.2, 0) is 4.74 Å². The summed E-state index contributed by atoms with van der Waals surface area (Å²) in [6.07, 6.45) is 1.00. The van der Waals surface area contributed by atoms with E-state index in [1.54, 1.807) is 4.57 Å². The highest BCUT2D eigenvalue weighted by molar-refractivity contribution is 5.81. The molecule has 3 atom stereocenters. The first-order valence-electron chi connectivity index (χ1n) is 6.74. The number of hydrogen-bond donors (Lipinski definition) is 4. The van der Waals surface area contributed by atoms with Gasteiger partial charge in [-0.15, -0.1) is 0 Å². The zero-order valence-electron chi connectivity index (χ0n) is 11.1. The van der Waals surface area contributed by atoms with Crippen LogP contribution in [0.25, 0.3) is 11.2 Å². The van der Waals surface area contributed by atoms with Gasteiger partial charge in [0.1, 0.15) is 29.7 Å². The predicted molar refractivity (Wildman–Crippen MR) is 71.8 cm³/mol. The van der Waals surface area contributed by atoms with Crippen LogP contribution in [0.1, 0.15) is 19.1 Å². The van der Waals surface area contributed by atoms with Crippen LogP contribution in [0.4, 0.5) is 5.82 Å². The van der Waals surface area contributed by atoms with Gasteiger partial charge < -0.3 is 26.4 Å². The molecule has 3 heterocycles. The van der Waals surface area contributed by atoms with E-state index in [1.165, 1.54) is 12.7 Å². The van der Waals surface area contributed by atoms with Crippen LogP contribution in [0, 0.1) is 0 Å². The number of anilines is 1. The highest BCUT2D eigenvalue weighted by atomic mass is 16.6. The largest absolute Gasteiger partial charge is 0.387 e. The minimum Gasteiger partial charge on any atom is -0.387 e. The fourth-order valence-electron chi connectivity index (χ4n) is 3.29. The maximum atomic E-state index is 10.3. The molecule has 1 aliphatic carbocycles. The molecule has 112 valence electrons. The lowest BCUT2D eigenvalue weighted by molar-refractivity contribution is -0.153. The molecule has 0 radical (unpaired) electrons. The normalized spacial score (nSPS) is 39.0. The highest BCUT2D eigenvalue weighted by Crippen LogP contribution is 2.48.